The molecule has 4 rings (SSSR count). The van der Waals surface area contributed by atoms with Crippen LogP contribution in [0.15, 0.2) is 12.7 Å². The summed E-state index contributed by atoms with van der Waals surface area (Å²) in [5.74, 6) is 2.89. The highest BCUT2D eigenvalue weighted by Gasteiger charge is 2.49. The van der Waals surface area contributed by atoms with Crippen LogP contribution >= 0.6 is 0 Å². The van der Waals surface area contributed by atoms with E-state index in [4.69, 9.17) is 9.47 Å². The second-order valence-corrected chi connectivity index (χ2v) is 6.24. The fourth-order valence-electron chi connectivity index (χ4n) is 4.56. The first-order valence-electron chi connectivity index (χ1n) is 7.14. The summed E-state index contributed by atoms with van der Waals surface area (Å²) in [5.41, 5.74) is 0. The standard InChI is InChI=1S/C15H22O3/c1-3-14(16)17-9(2)18-15-12-5-10-4-11(7-12)8-13(15)6-10/h3,9-13,15H,1,4-8H2,2H3. The zero-order valence-electron chi connectivity index (χ0n) is 11.0. The molecule has 0 N–H and O–H groups in total. The maximum atomic E-state index is 11.1. The summed E-state index contributed by atoms with van der Waals surface area (Å²) in [6.07, 6.45) is 7.78. The molecule has 0 spiro atoms. The van der Waals surface area contributed by atoms with Crippen LogP contribution in [-0.2, 0) is 14.3 Å². The SMILES string of the molecule is C=CC(=O)OC(C)OC1C2CC3CC(C2)CC1C3. The summed E-state index contributed by atoms with van der Waals surface area (Å²) in [5, 5.41) is 0. The van der Waals surface area contributed by atoms with E-state index in [1.807, 2.05) is 6.92 Å². The molecule has 0 amide bonds. The van der Waals surface area contributed by atoms with Gasteiger partial charge >= 0.3 is 5.97 Å². The molecule has 0 saturated heterocycles. The van der Waals surface area contributed by atoms with Crippen molar-refractivity contribution in [3.05, 3.63) is 12.7 Å². The van der Waals surface area contributed by atoms with E-state index < -0.39 is 12.3 Å². The van der Waals surface area contributed by atoms with Crippen LogP contribution < -0.4 is 0 Å². The molecule has 4 bridgehead atoms. The lowest BCUT2D eigenvalue weighted by atomic mass is 9.55. The smallest absolute Gasteiger partial charge is 0.332 e. The van der Waals surface area contributed by atoms with E-state index in [1.165, 1.54) is 38.2 Å². The number of hydrogen-bond donors (Lipinski definition) is 0. The Morgan fingerprint density at radius 3 is 2.22 bits per heavy atom. The highest BCUT2D eigenvalue weighted by molar-refractivity contribution is 5.81. The van der Waals surface area contributed by atoms with E-state index in [-0.39, 0.29) is 0 Å². The van der Waals surface area contributed by atoms with Gasteiger partial charge in [0.25, 0.3) is 0 Å². The average Bonchev–Trinajstić information content (AvgIpc) is 2.32. The predicted octanol–water partition coefficient (Wildman–Crippen LogP) is 2.90. The average molecular weight is 250 g/mol. The number of carbonyl (C=O) groups is 1. The minimum absolute atomic E-state index is 0.311. The van der Waals surface area contributed by atoms with Gasteiger partial charge in [-0.25, -0.2) is 4.79 Å². The molecule has 3 heteroatoms. The second kappa shape index (κ2) is 4.69. The van der Waals surface area contributed by atoms with Crippen molar-refractivity contribution in [3.8, 4) is 0 Å². The van der Waals surface area contributed by atoms with Gasteiger partial charge in [0.15, 0.2) is 0 Å². The number of hydrogen-bond acceptors (Lipinski definition) is 3. The molecule has 4 fully saturated rings. The Morgan fingerprint density at radius 1 is 1.17 bits per heavy atom. The third-order valence-electron chi connectivity index (χ3n) is 4.94. The number of carbonyl (C=O) groups excluding carboxylic acids is 1. The summed E-state index contributed by atoms with van der Waals surface area (Å²) in [7, 11) is 0. The van der Waals surface area contributed by atoms with Crippen LogP contribution in [-0.4, -0.2) is 18.4 Å². The van der Waals surface area contributed by atoms with Crippen molar-refractivity contribution in [2.24, 2.45) is 23.7 Å². The van der Waals surface area contributed by atoms with Crippen LogP contribution in [0.3, 0.4) is 0 Å². The summed E-state index contributed by atoms with van der Waals surface area (Å²) in [6, 6.07) is 0. The second-order valence-electron chi connectivity index (χ2n) is 6.24. The molecule has 0 aromatic carbocycles. The Bertz CT molecular complexity index is 322. The van der Waals surface area contributed by atoms with Gasteiger partial charge in [0.05, 0.1) is 6.10 Å². The van der Waals surface area contributed by atoms with Crippen molar-refractivity contribution < 1.29 is 14.3 Å². The molecule has 0 heterocycles. The monoisotopic (exact) mass is 250 g/mol. The maximum absolute atomic E-state index is 11.1. The molecule has 4 aliphatic carbocycles. The van der Waals surface area contributed by atoms with Gasteiger partial charge in [0.2, 0.25) is 6.29 Å². The van der Waals surface area contributed by atoms with Crippen molar-refractivity contribution in [1.82, 2.24) is 0 Å². The molecule has 0 aromatic heterocycles. The normalized spacial score (nSPS) is 42.6. The number of rotatable bonds is 4. The van der Waals surface area contributed by atoms with Crippen molar-refractivity contribution in [1.29, 1.82) is 0 Å². The molecule has 0 radical (unpaired) electrons. The van der Waals surface area contributed by atoms with E-state index in [1.54, 1.807) is 0 Å². The molecule has 1 atom stereocenters. The lowest BCUT2D eigenvalue weighted by Crippen LogP contribution is -2.50. The first kappa shape index (κ1) is 12.2. The summed E-state index contributed by atoms with van der Waals surface area (Å²) in [4.78, 5) is 11.1. The third kappa shape index (κ3) is 2.20. The van der Waals surface area contributed by atoms with Crippen LogP contribution in [0.25, 0.3) is 0 Å². The van der Waals surface area contributed by atoms with E-state index in [0.29, 0.717) is 17.9 Å². The molecule has 100 valence electrons. The van der Waals surface area contributed by atoms with Crippen LogP contribution in [0, 0.1) is 23.7 Å². The summed E-state index contributed by atoms with van der Waals surface area (Å²) < 4.78 is 11.1. The van der Waals surface area contributed by atoms with Crippen LogP contribution in [0.2, 0.25) is 0 Å². The summed E-state index contributed by atoms with van der Waals surface area (Å²) in [6.45, 7) is 5.22. The van der Waals surface area contributed by atoms with Gasteiger partial charge in [-0.1, -0.05) is 6.58 Å². The predicted molar refractivity (Wildman–Crippen MR) is 67.7 cm³/mol. The lowest BCUT2D eigenvalue weighted by Gasteiger charge is -2.54. The minimum atomic E-state index is -0.446. The highest BCUT2D eigenvalue weighted by atomic mass is 16.7. The topological polar surface area (TPSA) is 35.5 Å². The third-order valence-corrected chi connectivity index (χ3v) is 4.94. The Balaban J connectivity index is 1.59. The van der Waals surface area contributed by atoms with Crippen LogP contribution in [0.5, 0.6) is 0 Å². The van der Waals surface area contributed by atoms with Crippen LogP contribution in [0.4, 0.5) is 0 Å². The van der Waals surface area contributed by atoms with Gasteiger partial charge in [0, 0.05) is 6.08 Å². The molecule has 0 aliphatic heterocycles. The molecule has 1 unspecified atom stereocenters. The van der Waals surface area contributed by atoms with Gasteiger partial charge in [-0.3, -0.25) is 0 Å². The maximum Gasteiger partial charge on any atom is 0.332 e. The van der Waals surface area contributed by atoms with E-state index >= 15 is 0 Å². The zero-order valence-corrected chi connectivity index (χ0v) is 11.0. The fourth-order valence-corrected chi connectivity index (χ4v) is 4.56. The zero-order chi connectivity index (χ0) is 12.7. The van der Waals surface area contributed by atoms with Crippen molar-refractivity contribution >= 4 is 5.97 Å². The minimum Gasteiger partial charge on any atom is -0.433 e. The van der Waals surface area contributed by atoms with Crippen molar-refractivity contribution in [3.63, 3.8) is 0 Å². The number of esters is 1. The van der Waals surface area contributed by atoms with Gasteiger partial charge < -0.3 is 9.47 Å². The van der Waals surface area contributed by atoms with E-state index in [2.05, 4.69) is 6.58 Å². The Morgan fingerprint density at radius 2 is 1.72 bits per heavy atom. The molecule has 4 aliphatic rings. The van der Waals surface area contributed by atoms with Crippen molar-refractivity contribution in [2.45, 2.75) is 51.4 Å². The molecular formula is C15H22O3. The van der Waals surface area contributed by atoms with E-state index in [0.717, 1.165) is 11.8 Å². The molecule has 3 nitrogen and oxygen atoms in total. The first-order chi connectivity index (χ1) is 8.65. The molecule has 0 aromatic rings. The van der Waals surface area contributed by atoms with Gasteiger partial charge in [-0.15, -0.1) is 0 Å². The largest absolute Gasteiger partial charge is 0.433 e. The summed E-state index contributed by atoms with van der Waals surface area (Å²) >= 11 is 0. The first-order valence-corrected chi connectivity index (χ1v) is 7.14. The van der Waals surface area contributed by atoms with Gasteiger partial charge in [0.1, 0.15) is 0 Å². The molecule has 4 saturated carbocycles. The van der Waals surface area contributed by atoms with Crippen molar-refractivity contribution in [2.75, 3.05) is 0 Å². The number of ether oxygens (including phenoxy) is 2. The lowest BCUT2D eigenvalue weighted by molar-refractivity contribution is -0.216. The van der Waals surface area contributed by atoms with Gasteiger partial charge in [-0.05, 0) is 62.7 Å². The Labute approximate surface area is 109 Å². The Kier molecular flexibility index (Phi) is 3.18. The van der Waals surface area contributed by atoms with Gasteiger partial charge in [-0.2, -0.15) is 0 Å². The highest BCUT2D eigenvalue weighted by Crippen LogP contribution is 2.54. The fraction of sp³-hybridized carbons (Fsp3) is 0.800. The van der Waals surface area contributed by atoms with E-state index in [9.17, 15) is 4.79 Å². The van der Waals surface area contributed by atoms with Crippen LogP contribution in [0.1, 0.15) is 39.0 Å². The molecule has 18 heavy (non-hydrogen) atoms. The Hall–Kier alpha value is -0.830. The quantitative estimate of drug-likeness (QED) is 0.437. The molecular weight excluding hydrogens is 228 g/mol.